The van der Waals surface area contributed by atoms with Gasteiger partial charge in [0.15, 0.2) is 0 Å². The predicted octanol–water partition coefficient (Wildman–Crippen LogP) is 2.61. The molecule has 1 aliphatic rings. The lowest BCUT2D eigenvalue weighted by molar-refractivity contribution is 0.0903. The number of piperidine rings is 1. The van der Waals surface area contributed by atoms with Crippen LogP contribution in [0, 0.1) is 12.8 Å². The van der Waals surface area contributed by atoms with Crippen LogP contribution < -0.4 is 10.6 Å². The normalized spacial score (nSPS) is 20.8. The second kappa shape index (κ2) is 7.09. The van der Waals surface area contributed by atoms with Crippen LogP contribution in [0.5, 0.6) is 0 Å². The van der Waals surface area contributed by atoms with Crippen molar-refractivity contribution in [3.8, 4) is 5.69 Å². The highest BCUT2D eigenvalue weighted by atomic mass is 35.5. The minimum absolute atomic E-state index is 0.120. The first kappa shape index (κ1) is 17.2. The SMILES string of the molecule is Cc1nc(C(=O)NC2CCNCC2C)nn1-c1c(Cl)cccc1Cl. The van der Waals surface area contributed by atoms with Crippen molar-refractivity contribution in [3.63, 3.8) is 0 Å². The lowest BCUT2D eigenvalue weighted by atomic mass is 9.95. The van der Waals surface area contributed by atoms with E-state index in [4.69, 9.17) is 23.2 Å². The molecule has 1 aromatic heterocycles. The van der Waals surface area contributed by atoms with Crippen molar-refractivity contribution >= 4 is 29.1 Å². The highest BCUT2D eigenvalue weighted by Gasteiger charge is 2.25. The van der Waals surface area contributed by atoms with Crippen molar-refractivity contribution < 1.29 is 4.79 Å². The van der Waals surface area contributed by atoms with Gasteiger partial charge in [-0.3, -0.25) is 4.79 Å². The van der Waals surface area contributed by atoms with Crippen molar-refractivity contribution in [1.82, 2.24) is 25.4 Å². The van der Waals surface area contributed by atoms with Crippen LogP contribution in [0.3, 0.4) is 0 Å². The number of nitrogens with one attached hydrogen (secondary N) is 2. The molecule has 0 saturated carbocycles. The van der Waals surface area contributed by atoms with E-state index in [1.165, 1.54) is 4.68 Å². The molecule has 1 amide bonds. The van der Waals surface area contributed by atoms with Crippen LogP contribution in [-0.2, 0) is 0 Å². The highest BCUT2D eigenvalue weighted by Crippen LogP contribution is 2.28. The molecule has 6 nitrogen and oxygen atoms in total. The Hall–Kier alpha value is -1.63. The molecule has 1 aromatic carbocycles. The second-order valence-electron chi connectivity index (χ2n) is 6.01. The van der Waals surface area contributed by atoms with Gasteiger partial charge in [0.25, 0.3) is 5.91 Å². The predicted molar refractivity (Wildman–Crippen MR) is 94.0 cm³/mol. The van der Waals surface area contributed by atoms with Gasteiger partial charge in [-0.15, -0.1) is 5.10 Å². The molecule has 1 saturated heterocycles. The summed E-state index contributed by atoms with van der Waals surface area (Å²) < 4.78 is 1.51. The monoisotopic (exact) mass is 367 g/mol. The molecule has 1 aliphatic heterocycles. The Bertz CT molecular complexity index is 741. The molecule has 2 N–H and O–H groups in total. The van der Waals surface area contributed by atoms with Crippen LogP contribution in [-0.4, -0.2) is 39.8 Å². The van der Waals surface area contributed by atoms with Gasteiger partial charge in [-0.1, -0.05) is 36.2 Å². The molecule has 128 valence electrons. The van der Waals surface area contributed by atoms with E-state index in [-0.39, 0.29) is 17.8 Å². The molecule has 1 fully saturated rings. The Morgan fingerprint density at radius 1 is 1.38 bits per heavy atom. The number of nitrogens with zero attached hydrogens (tertiary/aromatic N) is 3. The van der Waals surface area contributed by atoms with Gasteiger partial charge in [-0.25, -0.2) is 9.67 Å². The largest absolute Gasteiger partial charge is 0.346 e. The van der Waals surface area contributed by atoms with Crippen LogP contribution in [0.25, 0.3) is 5.69 Å². The topological polar surface area (TPSA) is 71.8 Å². The van der Waals surface area contributed by atoms with Crippen LogP contribution in [0.1, 0.15) is 29.8 Å². The van der Waals surface area contributed by atoms with Crippen molar-refractivity contribution in [2.45, 2.75) is 26.3 Å². The number of benzene rings is 1. The highest BCUT2D eigenvalue weighted by molar-refractivity contribution is 6.37. The molecule has 24 heavy (non-hydrogen) atoms. The number of hydrogen-bond acceptors (Lipinski definition) is 4. The van der Waals surface area contributed by atoms with E-state index in [2.05, 4.69) is 27.6 Å². The third-order valence-corrected chi connectivity index (χ3v) is 4.83. The number of carbonyl (C=O) groups excluding carboxylic acids is 1. The summed E-state index contributed by atoms with van der Waals surface area (Å²) in [6.07, 6.45) is 0.892. The first-order valence-electron chi connectivity index (χ1n) is 7.87. The zero-order chi connectivity index (χ0) is 17.3. The van der Waals surface area contributed by atoms with E-state index in [1.54, 1.807) is 25.1 Å². The molecule has 0 bridgehead atoms. The Morgan fingerprint density at radius 2 is 2.08 bits per heavy atom. The Balaban J connectivity index is 1.85. The maximum absolute atomic E-state index is 12.5. The standard InChI is InChI=1S/C16H19Cl2N5O/c1-9-8-19-7-6-13(9)21-16(24)15-20-10(2)23(22-15)14-11(17)4-3-5-12(14)18/h3-5,9,13,19H,6-8H2,1-2H3,(H,21,24). The Morgan fingerprint density at radius 3 is 2.75 bits per heavy atom. The number of hydrogen-bond donors (Lipinski definition) is 2. The summed E-state index contributed by atoms with van der Waals surface area (Å²) in [5, 5.41) is 11.5. The lowest BCUT2D eigenvalue weighted by Crippen LogP contribution is -2.48. The summed E-state index contributed by atoms with van der Waals surface area (Å²) in [4.78, 5) is 16.8. The molecule has 8 heteroatoms. The summed E-state index contributed by atoms with van der Waals surface area (Å²) in [7, 11) is 0. The number of halogens is 2. The number of amides is 1. The van der Waals surface area contributed by atoms with E-state index < -0.39 is 0 Å². The average molecular weight is 368 g/mol. The Labute approximate surface area is 150 Å². The van der Waals surface area contributed by atoms with Crippen molar-refractivity contribution in [2.75, 3.05) is 13.1 Å². The van der Waals surface area contributed by atoms with Gasteiger partial charge in [-0.05, 0) is 44.5 Å². The first-order chi connectivity index (χ1) is 11.5. The van der Waals surface area contributed by atoms with E-state index in [1.807, 2.05) is 0 Å². The van der Waals surface area contributed by atoms with Crippen LogP contribution in [0.4, 0.5) is 0 Å². The van der Waals surface area contributed by atoms with Gasteiger partial charge in [0.2, 0.25) is 5.82 Å². The lowest BCUT2D eigenvalue weighted by Gasteiger charge is -2.29. The second-order valence-corrected chi connectivity index (χ2v) is 6.83. The molecule has 0 aliphatic carbocycles. The number of aryl methyl sites for hydroxylation is 1. The van der Waals surface area contributed by atoms with Gasteiger partial charge in [0, 0.05) is 6.04 Å². The molecular weight excluding hydrogens is 349 g/mol. The van der Waals surface area contributed by atoms with E-state index in [0.29, 0.717) is 27.5 Å². The minimum atomic E-state index is -0.279. The van der Waals surface area contributed by atoms with Crippen LogP contribution >= 0.6 is 23.2 Å². The maximum Gasteiger partial charge on any atom is 0.291 e. The number of para-hydroxylation sites is 1. The summed E-state index contributed by atoms with van der Waals surface area (Å²) in [5.74, 6) is 0.755. The summed E-state index contributed by atoms with van der Waals surface area (Å²) in [6, 6.07) is 5.32. The van der Waals surface area contributed by atoms with Gasteiger partial charge in [-0.2, -0.15) is 0 Å². The smallest absolute Gasteiger partial charge is 0.291 e. The van der Waals surface area contributed by atoms with E-state index >= 15 is 0 Å². The van der Waals surface area contributed by atoms with Crippen molar-refractivity contribution in [3.05, 3.63) is 39.9 Å². The van der Waals surface area contributed by atoms with Crippen molar-refractivity contribution in [2.24, 2.45) is 5.92 Å². The van der Waals surface area contributed by atoms with E-state index in [9.17, 15) is 4.79 Å². The number of aromatic nitrogens is 3. The summed E-state index contributed by atoms with van der Waals surface area (Å²) in [6.45, 7) is 5.65. The molecule has 0 spiro atoms. The third-order valence-electron chi connectivity index (χ3n) is 4.22. The van der Waals surface area contributed by atoms with Gasteiger partial charge in [0.05, 0.1) is 10.0 Å². The quantitative estimate of drug-likeness (QED) is 0.874. The van der Waals surface area contributed by atoms with Crippen LogP contribution in [0.2, 0.25) is 10.0 Å². The van der Waals surface area contributed by atoms with Crippen LogP contribution in [0.15, 0.2) is 18.2 Å². The first-order valence-corrected chi connectivity index (χ1v) is 8.62. The van der Waals surface area contributed by atoms with Gasteiger partial charge in [0.1, 0.15) is 11.5 Å². The van der Waals surface area contributed by atoms with Crippen molar-refractivity contribution in [1.29, 1.82) is 0 Å². The molecule has 0 radical (unpaired) electrons. The maximum atomic E-state index is 12.5. The Kier molecular flexibility index (Phi) is 5.08. The molecular formula is C16H19Cl2N5O. The number of carbonyl (C=O) groups is 1. The minimum Gasteiger partial charge on any atom is -0.346 e. The van der Waals surface area contributed by atoms with E-state index in [0.717, 1.165) is 19.5 Å². The van der Waals surface area contributed by atoms with Gasteiger partial charge >= 0.3 is 0 Å². The molecule has 2 heterocycles. The average Bonchev–Trinajstić information content (AvgIpc) is 2.91. The molecule has 3 rings (SSSR count). The molecule has 2 aromatic rings. The summed E-state index contributed by atoms with van der Waals surface area (Å²) in [5.41, 5.74) is 0.528. The summed E-state index contributed by atoms with van der Waals surface area (Å²) >= 11 is 12.4. The fourth-order valence-corrected chi connectivity index (χ4v) is 3.41. The number of rotatable bonds is 3. The fraction of sp³-hybridized carbons (Fsp3) is 0.438. The fourth-order valence-electron chi connectivity index (χ4n) is 2.85. The van der Waals surface area contributed by atoms with Gasteiger partial charge < -0.3 is 10.6 Å². The molecule has 2 unspecified atom stereocenters. The zero-order valence-electron chi connectivity index (χ0n) is 13.5. The molecule has 2 atom stereocenters. The third kappa shape index (κ3) is 3.41. The zero-order valence-corrected chi connectivity index (χ0v) is 15.0.